The van der Waals surface area contributed by atoms with E-state index in [1.807, 2.05) is 17.7 Å². The number of hydrogen-bond acceptors (Lipinski definition) is 4. The predicted octanol–water partition coefficient (Wildman–Crippen LogP) is 1.29. The van der Waals surface area contributed by atoms with Crippen LogP contribution in [0.15, 0.2) is 36.9 Å². The number of amides is 1. The molecule has 6 nitrogen and oxygen atoms in total. The van der Waals surface area contributed by atoms with Crippen molar-refractivity contribution in [2.24, 2.45) is 0 Å². The fourth-order valence-corrected chi connectivity index (χ4v) is 1.80. The zero-order valence-corrected chi connectivity index (χ0v) is 11.4. The van der Waals surface area contributed by atoms with Crippen molar-refractivity contribution >= 4 is 11.6 Å². The number of nitrogens with one attached hydrogen (secondary N) is 1. The molecule has 3 N–H and O–H groups in total. The molecule has 1 heterocycles. The molecule has 2 aromatic rings. The topological polar surface area (TPSA) is 82.2 Å². The number of rotatable bonds is 6. The van der Waals surface area contributed by atoms with E-state index in [9.17, 15) is 4.79 Å². The molecule has 0 aliphatic heterocycles. The van der Waals surface area contributed by atoms with Crippen LogP contribution in [0.5, 0.6) is 5.75 Å². The Labute approximate surface area is 117 Å². The van der Waals surface area contributed by atoms with Gasteiger partial charge in [-0.1, -0.05) is 0 Å². The normalized spacial score (nSPS) is 10.2. The summed E-state index contributed by atoms with van der Waals surface area (Å²) < 4.78 is 7.23. The summed E-state index contributed by atoms with van der Waals surface area (Å²) in [4.78, 5) is 15.9. The third kappa shape index (κ3) is 3.50. The lowest BCUT2D eigenvalue weighted by Crippen LogP contribution is -2.27. The molecule has 2 rings (SSSR count). The van der Waals surface area contributed by atoms with Crippen molar-refractivity contribution in [3.8, 4) is 5.75 Å². The summed E-state index contributed by atoms with van der Waals surface area (Å²) in [7, 11) is 0. The molecule has 0 unspecified atom stereocenters. The van der Waals surface area contributed by atoms with Crippen LogP contribution in [0.3, 0.4) is 0 Å². The molecular formula is C14H18N4O2. The Morgan fingerprint density at radius 2 is 2.35 bits per heavy atom. The lowest BCUT2D eigenvalue weighted by atomic mass is 10.1. The van der Waals surface area contributed by atoms with Gasteiger partial charge in [-0.3, -0.25) is 4.79 Å². The molecule has 1 aromatic heterocycles. The smallest absolute Gasteiger partial charge is 0.251 e. The van der Waals surface area contributed by atoms with E-state index in [4.69, 9.17) is 10.5 Å². The van der Waals surface area contributed by atoms with Crippen LogP contribution < -0.4 is 15.8 Å². The average Bonchev–Trinajstić information content (AvgIpc) is 2.94. The van der Waals surface area contributed by atoms with Gasteiger partial charge in [0.15, 0.2) is 0 Å². The van der Waals surface area contributed by atoms with Crippen molar-refractivity contribution in [3.05, 3.63) is 42.5 Å². The van der Waals surface area contributed by atoms with E-state index in [0.717, 1.165) is 0 Å². The van der Waals surface area contributed by atoms with E-state index >= 15 is 0 Å². The average molecular weight is 274 g/mol. The molecule has 0 radical (unpaired) electrons. The Bertz CT molecular complexity index is 567. The lowest BCUT2D eigenvalue weighted by Gasteiger charge is -2.09. The first-order valence-corrected chi connectivity index (χ1v) is 6.47. The number of benzene rings is 1. The van der Waals surface area contributed by atoms with Crippen molar-refractivity contribution in [2.45, 2.75) is 13.5 Å². The van der Waals surface area contributed by atoms with E-state index in [-0.39, 0.29) is 5.91 Å². The minimum absolute atomic E-state index is 0.153. The van der Waals surface area contributed by atoms with Gasteiger partial charge in [0.2, 0.25) is 0 Å². The SMILES string of the molecule is CCOc1ccc(C(=O)NCCn2ccnc2)cc1N. The van der Waals surface area contributed by atoms with Gasteiger partial charge >= 0.3 is 0 Å². The van der Waals surface area contributed by atoms with Gasteiger partial charge in [0.05, 0.1) is 18.6 Å². The predicted molar refractivity (Wildman–Crippen MR) is 76.6 cm³/mol. The minimum atomic E-state index is -0.153. The van der Waals surface area contributed by atoms with E-state index < -0.39 is 0 Å². The molecule has 6 heteroatoms. The highest BCUT2D eigenvalue weighted by Crippen LogP contribution is 2.22. The van der Waals surface area contributed by atoms with Gasteiger partial charge < -0.3 is 20.4 Å². The fraction of sp³-hybridized carbons (Fsp3) is 0.286. The summed E-state index contributed by atoms with van der Waals surface area (Å²) in [5.74, 6) is 0.447. The van der Waals surface area contributed by atoms with Crippen molar-refractivity contribution in [2.75, 3.05) is 18.9 Å². The van der Waals surface area contributed by atoms with Crippen molar-refractivity contribution in [1.29, 1.82) is 0 Å². The van der Waals surface area contributed by atoms with Crippen LogP contribution in [-0.2, 0) is 6.54 Å². The van der Waals surface area contributed by atoms with Gasteiger partial charge in [0.25, 0.3) is 5.91 Å². The van der Waals surface area contributed by atoms with Gasteiger partial charge in [0, 0.05) is 31.0 Å². The number of nitrogens with two attached hydrogens (primary N) is 1. The van der Waals surface area contributed by atoms with Crippen molar-refractivity contribution in [1.82, 2.24) is 14.9 Å². The highest BCUT2D eigenvalue weighted by Gasteiger charge is 2.08. The summed E-state index contributed by atoms with van der Waals surface area (Å²) in [5, 5.41) is 2.83. The molecule has 0 atom stereocenters. The second-order valence-electron chi connectivity index (χ2n) is 4.24. The van der Waals surface area contributed by atoms with Crippen LogP contribution in [-0.4, -0.2) is 28.6 Å². The second kappa shape index (κ2) is 6.60. The largest absolute Gasteiger partial charge is 0.492 e. The number of imidazole rings is 1. The number of carbonyl (C=O) groups excluding carboxylic acids is 1. The molecule has 20 heavy (non-hydrogen) atoms. The number of nitrogen functional groups attached to an aromatic ring is 1. The van der Waals surface area contributed by atoms with E-state index in [1.54, 1.807) is 30.7 Å². The Balaban J connectivity index is 1.90. The first-order chi connectivity index (χ1) is 9.70. The molecule has 0 aliphatic carbocycles. The van der Waals surface area contributed by atoms with Crippen LogP contribution in [0.25, 0.3) is 0 Å². The molecular weight excluding hydrogens is 256 g/mol. The Kier molecular flexibility index (Phi) is 4.60. The maximum absolute atomic E-state index is 12.0. The highest BCUT2D eigenvalue weighted by molar-refractivity contribution is 5.95. The number of anilines is 1. The summed E-state index contributed by atoms with van der Waals surface area (Å²) in [6, 6.07) is 5.04. The number of hydrogen-bond donors (Lipinski definition) is 2. The first kappa shape index (κ1) is 13.9. The Morgan fingerprint density at radius 1 is 1.50 bits per heavy atom. The van der Waals surface area contributed by atoms with Gasteiger partial charge in [-0.05, 0) is 25.1 Å². The molecule has 0 aliphatic rings. The molecule has 0 saturated carbocycles. The third-order valence-corrected chi connectivity index (χ3v) is 2.79. The second-order valence-corrected chi connectivity index (χ2v) is 4.24. The Hall–Kier alpha value is -2.50. The van der Waals surface area contributed by atoms with Gasteiger partial charge in [-0.25, -0.2) is 4.98 Å². The zero-order valence-electron chi connectivity index (χ0n) is 11.4. The van der Waals surface area contributed by atoms with E-state index in [0.29, 0.717) is 36.7 Å². The molecule has 1 amide bonds. The van der Waals surface area contributed by atoms with Crippen LogP contribution in [0, 0.1) is 0 Å². The first-order valence-electron chi connectivity index (χ1n) is 6.47. The van der Waals surface area contributed by atoms with Gasteiger partial charge in [-0.15, -0.1) is 0 Å². The maximum atomic E-state index is 12.0. The van der Waals surface area contributed by atoms with Gasteiger partial charge in [0.1, 0.15) is 5.75 Å². The minimum Gasteiger partial charge on any atom is -0.492 e. The molecule has 0 saturated heterocycles. The fourth-order valence-electron chi connectivity index (χ4n) is 1.80. The Morgan fingerprint density at radius 3 is 3.00 bits per heavy atom. The number of aromatic nitrogens is 2. The van der Waals surface area contributed by atoms with Crippen LogP contribution in [0.4, 0.5) is 5.69 Å². The van der Waals surface area contributed by atoms with E-state index in [1.165, 1.54) is 0 Å². The molecule has 1 aromatic carbocycles. The van der Waals surface area contributed by atoms with E-state index in [2.05, 4.69) is 10.3 Å². The van der Waals surface area contributed by atoms with Gasteiger partial charge in [-0.2, -0.15) is 0 Å². The van der Waals surface area contributed by atoms with Crippen molar-refractivity contribution in [3.63, 3.8) is 0 Å². The molecule has 0 bridgehead atoms. The zero-order chi connectivity index (χ0) is 14.4. The molecule has 0 fully saturated rings. The molecule has 106 valence electrons. The number of ether oxygens (including phenoxy) is 1. The summed E-state index contributed by atoms with van der Waals surface area (Å²) in [6.07, 6.45) is 5.26. The summed E-state index contributed by atoms with van der Waals surface area (Å²) >= 11 is 0. The quantitative estimate of drug-likeness (QED) is 0.778. The number of carbonyl (C=O) groups is 1. The third-order valence-electron chi connectivity index (χ3n) is 2.79. The maximum Gasteiger partial charge on any atom is 0.251 e. The standard InChI is InChI=1S/C14H18N4O2/c1-2-20-13-4-3-11(9-12(13)15)14(19)17-6-8-18-7-5-16-10-18/h3-5,7,9-10H,2,6,8,15H2,1H3,(H,17,19). The highest BCUT2D eigenvalue weighted by atomic mass is 16.5. The monoisotopic (exact) mass is 274 g/mol. The molecule has 0 spiro atoms. The van der Waals surface area contributed by atoms with Crippen LogP contribution >= 0.6 is 0 Å². The summed E-state index contributed by atoms with van der Waals surface area (Å²) in [5.41, 5.74) is 6.83. The van der Waals surface area contributed by atoms with Crippen LogP contribution in [0.2, 0.25) is 0 Å². The number of nitrogens with zero attached hydrogens (tertiary/aromatic N) is 2. The summed E-state index contributed by atoms with van der Waals surface area (Å²) in [6.45, 7) is 3.64. The van der Waals surface area contributed by atoms with Crippen molar-refractivity contribution < 1.29 is 9.53 Å². The van der Waals surface area contributed by atoms with Crippen LogP contribution in [0.1, 0.15) is 17.3 Å². The lowest BCUT2D eigenvalue weighted by molar-refractivity contribution is 0.0952.